The molecule has 0 saturated heterocycles. The summed E-state index contributed by atoms with van der Waals surface area (Å²) in [7, 11) is 3.18. The summed E-state index contributed by atoms with van der Waals surface area (Å²) in [5.41, 5.74) is 12.3. The van der Waals surface area contributed by atoms with E-state index in [1.807, 2.05) is 0 Å². The van der Waals surface area contributed by atoms with Gasteiger partial charge in [0, 0.05) is 13.0 Å². The van der Waals surface area contributed by atoms with Gasteiger partial charge in [-0.2, -0.15) is 0 Å². The molecule has 0 heterocycles. The maximum absolute atomic E-state index is 12.1. The number of carbonyl (C=O) groups is 1. The van der Waals surface area contributed by atoms with E-state index >= 15 is 0 Å². The van der Waals surface area contributed by atoms with E-state index in [0.29, 0.717) is 31.0 Å². The van der Waals surface area contributed by atoms with Gasteiger partial charge in [-0.25, -0.2) is 0 Å². The molecule has 2 aliphatic rings. The third-order valence-corrected chi connectivity index (χ3v) is 8.82. The quantitative estimate of drug-likeness (QED) is 0.215. The second-order valence-corrected chi connectivity index (χ2v) is 11.3. The van der Waals surface area contributed by atoms with Gasteiger partial charge >= 0.3 is 5.97 Å². The molecule has 4 nitrogen and oxygen atoms in total. The van der Waals surface area contributed by atoms with Crippen molar-refractivity contribution in [3.8, 4) is 16.9 Å². The molecule has 1 unspecified atom stereocenters. The predicted octanol–water partition coefficient (Wildman–Crippen LogP) is 7.07. The summed E-state index contributed by atoms with van der Waals surface area (Å²) < 4.78 is 16.0. The molecule has 0 N–H and O–H groups in total. The zero-order valence-electron chi connectivity index (χ0n) is 23.5. The van der Waals surface area contributed by atoms with Crippen LogP contribution < -0.4 is 4.74 Å². The largest absolute Gasteiger partial charge is 0.491 e. The molecule has 3 aromatic carbocycles. The fourth-order valence-corrected chi connectivity index (χ4v) is 6.58. The van der Waals surface area contributed by atoms with Gasteiger partial charge in [-0.15, -0.1) is 0 Å². The Hall–Kier alpha value is -3.11. The Bertz CT molecular complexity index is 1310. The lowest BCUT2D eigenvalue weighted by Crippen LogP contribution is -2.14. The van der Waals surface area contributed by atoms with Crippen molar-refractivity contribution in [3.63, 3.8) is 0 Å². The fraction of sp³-hybridized carbons (Fsp3) is 0.441. The molecule has 0 bridgehead atoms. The highest BCUT2D eigenvalue weighted by molar-refractivity contribution is 5.75. The highest BCUT2D eigenvalue weighted by atomic mass is 16.5. The number of benzene rings is 3. The van der Waals surface area contributed by atoms with Gasteiger partial charge in [0.2, 0.25) is 0 Å². The van der Waals surface area contributed by atoms with Crippen LogP contribution in [0.25, 0.3) is 11.1 Å². The Balaban J connectivity index is 1.32. The van der Waals surface area contributed by atoms with Crippen LogP contribution in [0, 0.1) is 26.2 Å². The molecule has 0 aromatic heterocycles. The van der Waals surface area contributed by atoms with E-state index in [1.54, 1.807) is 7.11 Å². The smallest absolute Gasteiger partial charge is 0.306 e. The molecule has 200 valence electrons. The second-order valence-electron chi connectivity index (χ2n) is 11.3. The highest BCUT2D eigenvalue weighted by Gasteiger charge is 2.54. The van der Waals surface area contributed by atoms with Crippen molar-refractivity contribution in [1.82, 2.24) is 0 Å². The SMILES string of the molecule is COCCOc1cc(C)c(-c2cccc(CCc3ccc4c(c3)CC3(CC3)C4CC(=O)OC)c2C)c(C)c1. The number of carbonyl (C=O) groups excluding carboxylic acids is 1. The van der Waals surface area contributed by atoms with E-state index < -0.39 is 0 Å². The van der Waals surface area contributed by atoms with Gasteiger partial charge in [0.05, 0.1) is 20.1 Å². The molecule has 4 heteroatoms. The zero-order chi connectivity index (χ0) is 26.9. The van der Waals surface area contributed by atoms with Crippen LogP contribution in [0.3, 0.4) is 0 Å². The van der Waals surface area contributed by atoms with Crippen molar-refractivity contribution in [2.24, 2.45) is 5.41 Å². The van der Waals surface area contributed by atoms with Gasteiger partial charge in [0.15, 0.2) is 0 Å². The first-order chi connectivity index (χ1) is 18.3. The maximum atomic E-state index is 12.1. The van der Waals surface area contributed by atoms with Crippen molar-refractivity contribution in [2.45, 2.75) is 65.2 Å². The zero-order valence-corrected chi connectivity index (χ0v) is 23.5. The maximum Gasteiger partial charge on any atom is 0.306 e. The topological polar surface area (TPSA) is 44.8 Å². The average Bonchev–Trinajstić information content (AvgIpc) is 3.61. The van der Waals surface area contributed by atoms with E-state index in [9.17, 15) is 4.79 Å². The van der Waals surface area contributed by atoms with Crippen molar-refractivity contribution in [3.05, 3.63) is 87.5 Å². The summed E-state index contributed by atoms with van der Waals surface area (Å²) in [5.74, 6) is 1.13. The second kappa shape index (κ2) is 10.9. The fourth-order valence-electron chi connectivity index (χ4n) is 6.58. The van der Waals surface area contributed by atoms with Gasteiger partial charge in [-0.05, 0) is 120 Å². The molecule has 0 radical (unpaired) electrons. The molecule has 38 heavy (non-hydrogen) atoms. The minimum absolute atomic E-state index is 0.0905. The van der Waals surface area contributed by atoms with Gasteiger partial charge in [-0.1, -0.05) is 36.4 Å². The molecule has 5 rings (SSSR count). The van der Waals surface area contributed by atoms with E-state index in [0.717, 1.165) is 25.0 Å². The Morgan fingerprint density at radius 3 is 2.39 bits per heavy atom. The third-order valence-electron chi connectivity index (χ3n) is 8.82. The average molecular weight is 513 g/mol. The van der Waals surface area contributed by atoms with E-state index in [4.69, 9.17) is 14.2 Å². The summed E-state index contributed by atoms with van der Waals surface area (Å²) in [6.45, 7) is 7.73. The monoisotopic (exact) mass is 512 g/mol. The molecule has 3 aromatic rings. The summed E-state index contributed by atoms with van der Waals surface area (Å²) in [6, 6.07) is 17.9. The summed E-state index contributed by atoms with van der Waals surface area (Å²) in [6.07, 6.45) is 6.08. The van der Waals surface area contributed by atoms with Crippen molar-refractivity contribution >= 4 is 5.97 Å². The Labute approximate surface area is 227 Å². The number of aryl methyl sites for hydroxylation is 4. The van der Waals surface area contributed by atoms with Crippen LogP contribution >= 0.6 is 0 Å². The van der Waals surface area contributed by atoms with Crippen LogP contribution in [0.15, 0.2) is 48.5 Å². The van der Waals surface area contributed by atoms with E-state index in [1.165, 1.54) is 70.0 Å². The van der Waals surface area contributed by atoms with E-state index in [2.05, 4.69) is 69.3 Å². The molecule has 1 fully saturated rings. The Morgan fingerprint density at radius 2 is 1.71 bits per heavy atom. The first kappa shape index (κ1) is 26.5. The lowest BCUT2D eigenvalue weighted by Gasteiger charge is -2.18. The van der Waals surface area contributed by atoms with Gasteiger partial charge in [0.1, 0.15) is 12.4 Å². The normalized spacial score (nSPS) is 16.9. The van der Waals surface area contributed by atoms with Crippen molar-refractivity contribution < 1.29 is 19.0 Å². The molecule has 2 aliphatic carbocycles. The van der Waals surface area contributed by atoms with Crippen LogP contribution in [0.4, 0.5) is 0 Å². The Kier molecular flexibility index (Phi) is 7.63. The summed E-state index contributed by atoms with van der Waals surface area (Å²) >= 11 is 0. The molecule has 1 saturated carbocycles. The number of methoxy groups -OCH3 is 2. The van der Waals surface area contributed by atoms with Crippen LogP contribution in [0.2, 0.25) is 0 Å². The first-order valence-corrected chi connectivity index (χ1v) is 13.9. The molecular formula is C34H40O4. The summed E-state index contributed by atoms with van der Waals surface area (Å²) in [4.78, 5) is 12.1. The minimum atomic E-state index is -0.0905. The lowest BCUT2D eigenvalue weighted by atomic mass is 9.86. The van der Waals surface area contributed by atoms with Crippen molar-refractivity contribution in [2.75, 3.05) is 27.4 Å². The molecule has 1 atom stereocenters. The predicted molar refractivity (Wildman–Crippen MR) is 152 cm³/mol. The number of hydrogen-bond acceptors (Lipinski definition) is 4. The van der Waals surface area contributed by atoms with Crippen molar-refractivity contribution in [1.29, 1.82) is 0 Å². The summed E-state index contributed by atoms with van der Waals surface area (Å²) in [5, 5.41) is 0. The lowest BCUT2D eigenvalue weighted by molar-refractivity contribution is -0.141. The molecule has 1 spiro atoms. The standard InChI is InChI=1S/C34H40O4/c1-22-17-28(38-16-15-36-4)18-23(2)33(22)29-8-6-7-26(24(29)3)11-9-25-10-12-30-27(19-25)21-34(13-14-34)31(30)20-32(35)37-5/h6-8,10,12,17-19,31H,9,11,13-16,20-21H2,1-5H3. The minimum Gasteiger partial charge on any atom is -0.491 e. The van der Waals surface area contributed by atoms with Gasteiger partial charge in [0.25, 0.3) is 0 Å². The van der Waals surface area contributed by atoms with Crippen LogP contribution in [0.5, 0.6) is 5.75 Å². The molecular weight excluding hydrogens is 472 g/mol. The number of hydrogen-bond donors (Lipinski definition) is 0. The van der Waals surface area contributed by atoms with Crippen LogP contribution in [-0.2, 0) is 33.5 Å². The van der Waals surface area contributed by atoms with Gasteiger partial charge < -0.3 is 14.2 Å². The number of rotatable bonds is 10. The third kappa shape index (κ3) is 5.24. The van der Waals surface area contributed by atoms with E-state index in [-0.39, 0.29) is 5.97 Å². The first-order valence-electron chi connectivity index (χ1n) is 13.9. The Morgan fingerprint density at radius 1 is 0.947 bits per heavy atom. The number of fused-ring (bicyclic) bond motifs is 1. The van der Waals surface area contributed by atoms with Crippen LogP contribution in [-0.4, -0.2) is 33.4 Å². The number of ether oxygens (including phenoxy) is 3. The molecule has 0 aliphatic heterocycles. The number of esters is 1. The van der Waals surface area contributed by atoms with Gasteiger partial charge in [-0.3, -0.25) is 4.79 Å². The van der Waals surface area contributed by atoms with Crippen LogP contribution in [0.1, 0.15) is 64.1 Å². The molecule has 0 amide bonds. The highest BCUT2D eigenvalue weighted by Crippen LogP contribution is 2.64.